The highest BCUT2D eigenvalue weighted by Crippen LogP contribution is 2.17. The summed E-state index contributed by atoms with van der Waals surface area (Å²) in [7, 11) is 0. The third kappa shape index (κ3) is 4.97. The number of rotatable bonds is 3. The van der Waals surface area contributed by atoms with E-state index < -0.39 is 5.60 Å². The van der Waals surface area contributed by atoms with Gasteiger partial charge in [0.1, 0.15) is 10.8 Å². The van der Waals surface area contributed by atoms with E-state index in [1.165, 1.54) is 0 Å². The average molecular weight is 347 g/mol. The van der Waals surface area contributed by atoms with Crippen LogP contribution in [0.3, 0.4) is 0 Å². The second-order valence-electron chi connectivity index (χ2n) is 6.25. The Morgan fingerprint density at radius 1 is 1.50 bits per heavy atom. The van der Waals surface area contributed by atoms with Gasteiger partial charge in [-0.2, -0.15) is 0 Å². The van der Waals surface area contributed by atoms with E-state index >= 15 is 0 Å². The van der Waals surface area contributed by atoms with Crippen molar-refractivity contribution in [2.24, 2.45) is 0 Å². The summed E-state index contributed by atoms with van der Waals surface area (Å²) in [4.78, 5) is 21.5. The molecule has 1 unspecified atom stereocenters. The van der Waals surface area contributed by atoms with Gasteiger partial charge in [0, 0.05) is 37.4 Å². The zero-order chi connectivity index (χ0) is 16.3. The number of aromatic nitrogens is 2. The fraction of sp³-hybridized carbons (Fsp3) is 0.643. The summed E-state index contributed by atoms with van der Waals surface area (Å²) in [6.45, 7) is 7.40. The zero-order valence-corrected chi connectivity index (χ0v) is 14.4. The number of nitrogens with zero attached hydrogens (tertiary/aromatic N) is 3. The van der Waals surface area contributed by atoms with Gasteiger partial charge < -0.3 is 15.0 Å². The molecule has 1 aliphatic rings. The van der Waals surface area contributed by atoms with Crippen LogP contribution in [0.4, 0.5) is 4.79 Å². The minimum Gasteiger partial charge on any atom is -0.444 e. The molecule has 122 valence electrons. The third-order valence-electron chi connectivity index (χ3n) is 3.20. The standard InChI is InChI=1S/C14H20Cl2N4O2/c1-14(2,3)22-13(21)20-5-4-10(8-20)17-6-9-7-18-12(16)19-11(9)15/h7,10,17H,4-6,8H2,1-3H3. The fourth-order valence-corrected chi connectivity index (χ4v) is 2.53. The van der Waals surface area contributed by atoms with Crippen LogP contribution >= 0.6 is 23.2 Å². The van der Waals surface area contributed by atoms with Crippen molar-refractivity contribution in [1.82, 2.24) is 20.2 Å². The van der Waals surface area contributed by atoms with Crippen LogP contribution < -0.4 is 5.32 Å². The minimum absolute atomic E-state index is 0.130. The summed E-state index contributed by atoms with van der Waals surface area (Å²) < 4.78 is 5.37. The summed E-state index contributed by atoms with van der Waals surface area (Å²) in [5.41, 5.74) is 0.304. The van der Waals surface area contributed by atoms with Crippen LogP contribution in [0.25, 0.3) is 0 Å². The van der Waals surface area contributed by atoms with Gasteiger partial charge in [0.05, 0.1) is 0 Å². The molecule has 1 atom stereocenters. The van der Waals surface area contributed by atoms with Gasteiger partial charge in [-0.25, -0.2) is 14.8 Å². The molecule has 1 amide bonds. The van der Waals surface area contributed by atoms with E-state index in [1.807, 2.05) is 20.8 Å². The molecule has 0 aromatic carbocycles. The quantitative estimate of drug-likeness (QED) is 0.673. The average Bonchev–Trinajstić information content (AvgIpc) is 2.84. The van der Waals surface area contributed by atoms with Gasteiger partial charge in [0.2, 0.25) is 5.28 Å². The normalized spacial score (nSPS) is 18.6. The fourth-order valence-electron chi connectivity index (χ4n) is 2.16. The second kappa shape index (κ2) is 6.98. The molecule has 1 N–H and O–H groups in total. The van der Waals surface area contributed by atoms with Crippen LogP contribution in [0, 0.1) is 0 Å². The predicted molar refractivity (Wildman–Crippen MR) is 85.1 cm³/mol. The summed E-state index contributed by atoms with van der Waals surface area (Å²) in [6, 6.07) is 0.194. The lowest BCUT2D eigenvalue weighted by molar-refractivity contribution is 0.0291. The van der Waals surface area contributed by atoms with Gasteiger partial charge in [-0.05, 0) is 38.8 Å². The first-order valence-corrected chi connectivity index (χ1v) is 7.88. The highest BCUT2D eigenvalue weighted by molar-refractivity contribution is 6.32. The molecule has 22 heavy (non-hydrogen) atoms. The molecule has 1 aliphatic heterocycles. The van der Waals surface area contributed by atoms with E-state index in [1.54, 1.807) is 11.1 Å². The zero-order valence-electron chi connectivity index (χ0n) is 12.9. The van der Waals surface area contributed by atoms with Crippen molar-refractivity contribution in [2.45, 2.75) is 45.4 Å². The number of nitrogens with one attached hydrogen (secondary N) is 1. The number of carbonyl (C=O) groups is 1. The molecule has 0 radical (unpaired) electrons. The Balaban J connectivity index is 1.82. The summed E-state index contributed by atoms with van der Waals surface area (Å²) in [5.74, 6) is 0. The first-order valence-electron chi connectivity index (χ1n) is 7.13. The number of amides is 1. The molecular formula is C14H20Cl2N4O2. The first-order chi connectivity index (χ1) is 10.2. The summed E-state index contributed by atoms with van der Waals surface area (Å²) in [6.07, 6.45) is 2.20. The second-order valence-corrected chi connectivity index (χ2v) is 6.94. The Morgan fingerprint density at radius 2 is 2.23 bits per heavy atom. The van der Waals surface area contributed by atoms with Crippen molar-refractivity contribution < 1.29 is 9.53 Å². The van der Waals surface area contributed by atoms with Gasteiger partial charge >= 0.3 is 6.09 Å². The van der Waals surface area contributed by atoms with Crippen molar-refractivity contribution in [3.05, 3.63) is 22.2 Å². The lowest BCUT2D eigenvalue weighted by Crippen LogP contribution is -2.38. The lowest BCUT2D eigenvalue weighted by Gasteiger charge is -2.24. The molecule has 1 fully saturated rings. The molecule has 0 spiro atoms. The van der Waals surface area contributed by atoms with Crippen LogP contribution in [0.15, 0.2) is 6.20 Å². The maximum absolute atomic E-state index is 12.0. The molecule has 6 nitrogen and oxygen atoms in total. The maximum Gasteiger partial charge on any atom is 0.410 e. The maximum atomic E-state index is 12.0. The van der Waals surface area contributed by atoms with Crippen LogP contribution in [-0.2, 0) is 11.3 Å². The van der Waals surface area contributed by atoms with E-state index in [9.17, 15) is 4.79 Å². The van der Waals surface area contributed by atoms with E-state index in [0.717, 1.165) is 12.0 Å². The van der Waals surface area contributed by atoms with Crippen LogP contribution in [0.2, 0.25) is 10.4 Å². The Hall–Kier alpha value is -1.11. The van der Waals surface area contributed by atoms with Gasteiger partial charge in [-0.1, -0.05) is 11.6 Å². The number of ether oxygens (including phenoxy) is 1. The molecule has 0 aliphatic carbocycles. The van der Waals surface area contributed by atoms with Crippen LogP contribution in [-0.4, -0.2) is 45.7 Å². The smallest absolute Gasteiger partial charge is 0.410 e. The number of hydrogen-bond donors (Lipinski definition) is 1. The van der Waals surface area contributed by atoms with Crippen molar-refractivity contribution in [1.29, 1.82) is 0 Å². The third-order valence-corrected chi connectivity index (χ3v) is 3.71. The topological polar surface area (TPSA) is 67.3 Å². The Morgan fingerprint density at radius 3 is 2.86 bits per heavy atom. The van der Waals surface area contributed by atoms with E-state index in [0.29, 0.717) is 24.8 Å². The summed E-state index contributed by atoms with van der Waals surface area (Å²) in [5, 5.41) is 3.82. The minimum atomic E-state index is -0.475. The predicted octanol–water partition coefficient (Wildman–Crippen LogP) is 2.88. The molecule has 1 saturated heterocycles. The number of likely N-dealkylation sites (tertiary alicyclic amines) is 1. The molecule has 0 bridgehead atoms. The van der Waals surface area contributed by atoms with Gasteiger partial charge in [0.25, 0.3) is 0 Å². The van der Waals surface area contributed by atoms with Crippen molar-refractivity contribution in [2.75, 3.05) is 13.1 Å². The Kier molecular flexibility index (Phi) is 5.47. The Labute approximate surface area is 140 Å². The van der Waals surface area contributed by atoms with E-state index in [-0.39, 0.29) is 17.4 Å². The molecule has 8 heteroatoms. The molecular weight excluding hydrogens is 327 g/mol. The number of halogens is 2. The molecule has 0 saturated carbocycles. The van der Waals surface area contributed by atoms with Crippen molar-refractivity contribution in [3.8, 4) is 0 Å². The molecule has 1 aromatic heterocycles. The van der Waals surface area contributed by atoms with Gasteiger partial charge in [-0.3, -0.25) is 0 Å². The number of carbonyl (C=O) groups excluding carboxylic acids is 1. The lowest BCUT2D eigenvalue weighted by atomic mass is 10.2. The SMILES string of the molecule is CC(C)(C)OC(=O)N1CCC(NCc2cnc(Cl)nc2Cl)C1. The highest BCUT2D eigenvalue weighted by Gasteiger charge is 2.29. The monoisotopic (exact) mass is 346 g/mol. The number of hydrogen-bond acceptors (Lipinski definition) is 5. The van der Waals surface area contributed by atoms with Crippen molar-refractivity contribution >= 4 is 29.3 Å². The van der Waals surface area contributed by atoms with Gasteiger partial charge in [-0.15, -0.1) is 0 Å². The van der Waals surface area contributed by atoms with Crippen LogP contribution in [0.5, 0.6) is 0 Å². The van der Waals surface area contributed by atoms with Crippen LogP contribution in [0.1, 0.15) is 32.8 Å². The van der Waals surface area contributed by atoms with Crippen molar-refractivity contribution in [3.63, 3.8) is 0 Å². The molecule has 2 rings (SSSR count). The van der Waals surface area contributed by atoms with E-state index in [4.69, 9.17) is 27.9 Å². The highest BCUT2D eigenvalue weighted by atomic mass is 35.5. The largest absolute Gasteiger partial charge is 0.444 e. The van der Waals surface area contributed by atoms with E-state index in [2.05, 4.69) is 15.3 Å². The first kappa shape index (κ1) is 17.2. The van der Waals surface area contributed by atoms with Gasteiger partial charge in [0.15, 0.2) is 0 Å². The Bertz CT molecular complexity index is 548. The molecule has 2 heterocycles. The summed E-state index contributed by atoms with van der Waals surface area (Å²) >= 11 is 11.7. The molecule has 1 aromatic rings.